The van der Waals surface area contributed by atoms with E-state index in [1.54, 1.807) is 6.07 Å². The van der Waals surface area contributed by atoms with Crippen molar-refractivity contribution in [2.24, 2.45) is 0 Å². The van der Waals surface area contributed by atoms with Gasteiger partial charge in [0, 0.05) is 5.56 Å². The zero-order valence-corrected chi connectivity index (χ0v) is 16.9. The molecule has 2 aromatic rings. The molecule has 2 rings (SSSR count). The Bertz CT molecular complexity index is 760. The average Bonchev–Trinajstić information content (AvgIpc) is 3.05. The molecule has 0 radical (unpaired) electrons. The van der Waals surface area contributed by atoms with Crippen LogP contribution in [0.4, 0.5) is 0 Å². The van der Waals surface area contributed by atoms with Gasteiger partial charge in [0.2, 0.25) is 0 Å². The zero-order valence-electron chi connectivity index (χ0n) is 15.3. The Morgan fingerprint density at radius 3 is 2.58 bits per heavy atom. The van der Waals surface area contributed by atoms with Gasteiger partial charge in [-0.15, -0.1) is 11.3 Å². The summed E-state index contributed by atoms with van der Waals surface area (Å²) in [6.45, 7) is 6.97. The van der Waals surface area contributed by atoms with Crippen molar-refractivity contribution in [3.8, 4) is 22.1 Å². The highest BCUT2D eigenvalue weighted by atomic mass is 35.5. The molecule has 0 aliphatic carbocycles. The van der Waals surface area contributed by atoms with E-state index >= 15 is 0 Å². The molecule has 1 N–H and O–H groups in total. The van der Waals surface area contributed by atoms with Gasteiger partial charge in [-0.2, -0.15) is 0 Å². The molecule has 0 aliphatic heterocycles. The average molecular weight is 398 g/mol. The van der Waals surface area contributed by atoms with Crippen molar-refractivity contribution >= 4 is 28.9 Å². The van der Waals surface area contributed by atoms with E-state index in [1.165, 1.54) is 0 Å². The molecule has 0 aliphatic rings. The molecule has 1 aromatic carbocycles. The number of rotatable bonds is 10. The van der Waals surface area contributed by atoms with Crippen LogP contribution in [0.25, 0.3) is 10.6 Å². The van der Waals surface area contributed by atoms with E-state index in [2.05, 4.69) is 11.9 Å². The zero-order chi connectivity index (χ0) is 19.1. The molecular weight excluding hydrogens is 374 g/mol. The number of aromatic nitrogens is 1. The number of aromatic carboxylic acids is 1. The maximum atomic E-state index is 11.4. The van der Waals surface area contributed by atoms with Crippen molar-refractivity contribution in [2.75, 3.05) is 13.2 Å². The van der Waals surface area contributed by atoms with E-state index in [-0.39, 0.29) is 4.88 Å². The van der Waals surface area contributed by atoms with Gasteiger partial charge in [0.25, 0.3) is 0 Å². The maximum Gasteiger partial charge on any atom is 0.347 e. The number of aryl methyl sites for hydroxylation is 1. The molecule has 0 spiro atoms. The van der Waals surface area contributed by atoms with Crippen LogP contribution in [-0.2, 0) is 6.42 Å². The molecule has 0 amide bonds. The third-order valence-corrected chi connectivity index (χ3v) is 5.19. The number of benzene rings is 1. The highest BCUT2D eigenvalue weighted by Gasteiger charge is 2.20. The van der Waals surface area contributed by atoms with Gasteiger partial charge in [-0.25, -0.2) is 9.78 Å². The summed E-state index contributed by atoms with van der Waals surface area (Å²) in [5, 5.41) is 10.4. The molecule has 0 bridgehead atoms. The first-order valence-electron chi connectivity index (χ1n) is 8.84. The van der Waals surface area contributed by atoms with Crippen molar-refractivity contribution in [2.45, 2.75) is 46.5 Å². The summed E-state index contributed by atoms with van der Waals surface area (Å²) in [6.07, 6.45) is 3.72. The van der Waals surface area contributed by atoms with Crippen LogP contribution in [0.1, 0.15) is 55.4 Å². The number of ether oxygens (including phenoxy) is 2. The number of unbranched alkanes of at least 4 members (excludes halogenated alkanes) is 2. The summed E-state index contributed by atoms with van der Waals surface area (Å²) in [5.74, 6) is 0.119. The third kappa shape index (κ3) is 4.89. The summed E-state index contributed by atoms with van der Waals surface area (Å²) in [7, 11) is 0. The van der Waals surface area contributed by atoms with E-state index in [1.807, 2.05) is 19.9 Å². The summed E-state index contributed by atoms with van der Waals surface area (Å²) in [5.41, 5.74) is 1.30. The number of hydrogen-bond donors (Lipinski definition) is 1. The van der Waals surface area contributed by atoms with Crippen LogP contribution in [0.5, 0.6) is 11.5 Å². The lowest BCUT2D eigenvalue weighted by atomic mass is 10.2. The van der Waals surface area contributed by atoms with Gasteiger partial charge in [-0.1, -0.05) is 38.3 Å². The number of halogens is 1. The van der Waals surface area contributed by atoms with E-state index in [9.17, 15) is 9.90 Å². The first kappa shape index (κ1) is 20.5. The second kappa shape index (κ2) is 9.78. The maximum absolute atomic E-state index is 11.4. The minimum Gasteiger partial charge on any atom is -0.490 e. The van der Waals surface area contributed by atoms with Gasteiger partial charge >= 0.3 is 5.97 Å². The van der Waals surface area contributed by atoms with Gasteiger partial charge < -0.3 is 14.6 Å². The largest absolute Gasteiger partial charge is 0.490 e. The first-order valence-corrected chi connectivity index (χ1v) is 10.0. The molecule has 142 valence electrons. The van der Waals surface area contributed by atoms with Gasteiger partial charge in [0.1, 0.15) is 9.88 Å². The Balaban J connectivity index is 2.37. The molecule has 0 saturated heterocycles. The molecular formula is C19H24ClNO4S. The van der Waals surface area contributed by atoms with E-state index < -0.39 is 5.97 Å². The standard InChI is InChI=1S/C19H24ClNO4S/c1-4-7-8-9-25-16-13(20)10-12(11-15(16)24-6-3)18-21-14(5-2)17(26-18)19(22)23/h10-11H,4-9H2,1-3H3,(H,22,23). The quantitative estimate of drug-likeness (QED) is 0.521. The Kier molecular flexibility index (Phi) is 7.72. The van der Waals surface area contributed by atoms with Gasteiger partial charge in [0.05, 0.1) is 23.9 Å². The molecule has 0 unspecified atom stereocenters. The second-order valence-electron chi connectivity index (χ2n) is 5.73. The lowest BCUT2D eigenvalue weighted by Gasteiger charge is -2.14. The number of hydrogen-bond acceptors (Lipinski definition) is 5. The van der Waals surface area contributed by atoms with Crippen LogP contribution in [-0.4, -0.2) is 29.3 Å². The van der Waals surface area contributed by atoms with Crippen LogP contribution in [0.15, 0.2) is 12.1 Å². The Labute approximate surface area is 162 Å². The molecule has 7 heteroatoms. The molecule has 26 heavy (non-hydrogen) atoms. The number of carbonyl (C=O) groups is 1. The van der Waals surface area contributed by atoms with Crippen molar-refractivity contribution in [1.82, 2.24) is 4.98 Å². The summed E-state index contributed by atoms with van der Waals surface area (Å²) in [4.78, 5) is 16.1. The molecule has 5 nitrogen and oxygen atoms in total. The SMILES string of the molecule is CCCCCOc1c(Cl)cc(-c2nc(CC)c(C(=O)O)s2)cc1OCC. The van der Waals surface area contributed by atoms with Crippen molar-refractivity contribution in [3.05, 3.63) is 27.7 Å². The second-order valence-corrected chi connectivity index (χ2v) is 7.13. The lowest BCUT2D eigenvalue weighted by Crippen LogP contribution is -2.02. The molecule has 1 aromatic heterocycles. The Hall–Kier alpha value is -1.79. The summed E-state index contributed by atoms with van der Waals surface area (Å²) < 4.78 is 11.5. The highest BCUT2D eigenvalue weighted by molar-refractivity contribution is 7.17. The predicted octanol–water partition coefficient (Wildman–Crippen LogP) is 5.69. The number of thiazole rings is 1. The smallest absolute Gasteiger partial charge is 0.347 e. The Morgan fingerprint density at radius 2 is 2.00 bits per heavy atom. The number of nitrogens with zero attached hydrogens (tertiary/aromatic N) is 1. The Morgan fingerprint density at radius 1 is 1.23 bits per heavy atom. The summed E-state index contributed by atoms with van der Waals surface area (Å²) >= 11 is 7.58. The minimum atomic E-state index is -0.961. The van der Waals surface area contributed by atoms with Crippen molar-refractivity contribution in [3.63, 3.8) is 0 Å². The highest BCUT2D eigenvalue weighted by Crippen LogP contribution is 2.41. The molecule has 0 saturated carbocycles. The van der Waals surface area contributed by atoms with E-state index in [4.69, 9.17) is 21.1 Å². The van der Waals surface area contributed by atoms with Crippen LogP contribution < -0.4 is 9.47 Å². The van der Waals surface area contributed by atoms with E-state index in [0.29, 0.717) is 46.9 Å². The molecule has 0 fully saturated rings. The molecule has 0 atom stereocenters. The third-order valence-electron chi connectivity index (χ3n) is 3.78. The predicted molar refractivity (Wildman–Crippen MR) is 105 cm³/mol. The van der Waals surface area contributed by atoms with Crippen molar-refractivity contribution < 1.29 is 19.4 Å². The minimum absolute atomic E-state index is 0.261. The van der Waals surface area contributed by atoms with Gasteiger partial charge in [0.15, 0.2) is 11.5 Å². The fourth-order valence-electron chi connectivity index (χ4n) is 2.50. The summed E-state index contributed by atoms with van der Waals surface area (Å²) in [6, 6.07) is 3.57. The lowest BCUT2D eigenvalue weighted by molar-refractivity contribution is 0.0701. The van der Waals surface area contributed by atoms with Crippen LogP contribution in [0.3, 0.4) is 0 Å². The van der Waals surface area contributed by atoms with Gasteiger partial charge in [-0.05, 0) is 31.9 Å². The topological polar surface area (TPSA) is 68.7 Å². The van der Waals surface area contributed by atoms with E-state index in [0.717, 1.165) is 36.2 Å². The fourth-order valence-corrected chi connectivity index (χ4v) is 3.75. The van der Waals surface area contributed by atoms with Crippen LogP contribution in [0.2, 0.25) is 5.02 Å². The monoisotopic (exact) mass is 397 g/mol. The normalized spacial score (nSPS) is 10.8. The van der Waals surface area contributed by atoms with Crippen molar-refractivity contribution in [1.29, 1.82) is 0 Å². The number of carboxylic acid groups (broad SMARTS) is 1. The first-order chi connectivity index (χ1) is 12.5. The van der Waals surface area contributed by atoms with Gasteiger partial charge in [-0.3, -0.25) is 0 Å². The number of carboxylic acids is 1. The fraction of sp³-hybridized carbons (Fsp3) is 0.474. The molecule has 1 heterocycles. The van der Waals surface area contributed by atoms with Crippen LogP contribution >= 0.6 is 22.9 Å². The van der Waals surface area contributed by atoms with Crippen LogP contribution in [0, 0.1) is 0 Å².